The van der Waals surface area contributed by atoms with Gasteiger partial charge in [0.2, 0.25) is 0 Å². The van der Waals surface area contributed by atoms with E-state index in [-0.39, 0.29) is 23.9 Å². The van der Waals surface area contributed by atoms with Gasteiger partial charge in [-0.05, 0) is 70.8 Å². The lowest BCUT2D eigenvalue weighted by Crippen LogP contribution is -2.56. The van der Waals surface area contributed by atoms with Crippen molar-refractivity contribution in [2.24, 2.45) is 5.92 Å². The first kappa shape index (κ1) is 21.6. The zero-order valence-corrected chi connectivity index (χ0v) is 17.3. The van der Waals surface area contributed by atoms with Crippen molar-refractivity contribution in [2.75, 3.05) is 13.2 Å². The molecule has 0 saturated carbocycles. The topological polar surface area (TPSA) is 58.9 Å². The maximum Gasteiger partial charge on any atom is 0.0916 e. The second kappa shape index (κ2) is 8.55. The number of ether oxygens (including phenoxy) is 2. The summed E-state index contributed by atoms with van der Waals surface area (Å²) in [6.07, 6.45) is 10.9. The van der Waals surface area contributed by atoms with E-state index in [2.05, 4.69) is 32.9 Å². The monoisotopic (exact) mass is 366 g/mol. The van der Waals surface area contributed by atoms with Crippen LogP contribution in [0.15, 0.2) is 23.8 Å². The van der Waals surface area contributed by atoms with Gasteiger partial charge >= 0.3 is 0 Å². The lowest BCUT2D eigenvalue weighted by molar-refractivity contribution is -0.227. The zero-order valence-electron chi connectivity index (χ0n) is 17.3. The van der Waals surface area contributed by atoms with Crippen LogP contribution in [0.4, 0.5) is 0 Å². The maximum absolute atomic E-state index is 10.7. The Morgan fingerprint density at radius 1 is 1.23 bits per heavy atom. The molecular weight excluding hydrogens is 328 g/mol. The number of fused-ring (bicyclic) bond motifs is 2. The van der Waals surface area contributed by atoms with Crippen molar-refractivity contribution in [3.63, 3.8) is 0 Å². The van der Waals surface area contributed by atoms with Crippen LogP contribution in [0.1, 0.15) is 73.1 Å². The van der Waals surface area contributed by atoms with E-state index >= 15 is 0 Å². The van der Waals surface area contributed by atoms with Crippen molar-refractivity contribution in [1.82, 2.24) is 0 Å². The van der Waals surface area contributed by atoms with Crippen molar-refractivity contribution < 1.29 is 19.7 Å². The van der Waals surface area contributed by atoms with Gasteiger partial charge in [0.15, 0.2) is 0 Å². The Balaban J connectivity index is 2.40. The summed E-state index contributed by atoms with van der Waals surface area (Å²) in [5.74, 6) is 0.305. The van der Waals surface area contributed by atoms with Crippen molar-refractivity contribution in [3.8, 4) is 0 Å². The minimum absolute atomic E-state index is 0.0393. The van der Waals surface area contributed by atoms with Crippen LogP contribution >= 0.6 is 0 Å². The second-order valence-electron chi connectivity index (χ2n) is 8.75. The summed E-state index contributed by atoms with van der Waals surface area (Å²) in [4.78, 5) is 0. The molecule has 0 aliphatic carbocycles. The van der Waals surface area contributed by atoms with Gasteiger partial charge in [0.1, 0.15) is 0 Å². The lowest BCUT2D eigenvalue weighted by atomic mass is 9.75. The molecule has 0 amide bonds. The highest BCUT2D eigenvalue weighted by molar-refractivity contribution is 5.15. The van der Waals surface area contributed by atoms with E-state index in [0.717, 1.165) is 37.7 Å². The second-order valence-corrected chi connectivity index (χ2v) is 8.75. The van der Waals surface area contributed by atoms with E-state index in [1.165, 1.54) is 0 Å². The van der Waals surface area contributed by atoms with Crippen LogP contribution in [-0.2, 0) is 9.47 Å². The average molecular weight is 367 g/mol. The van der Waals surface area contributed by atoms with Crippen molar-refractivity contribution in [1.29, 1.82) is 0 Å². The molecule has 150 valence electrons. The maximum atomic E-state index is 10.7. The van der Waals surface area contributed by atoms with Gasteiger partial charge in [-0.1, -0.05) is 32.1 Å². The molecule has 4 heteroatoms. The fourth-order valence-corrected chi connectivity index (χ4v) is 4.19. The molecule has 2 heterocycles. The minimum Gasteiger partial charge on any atom is -0.392 e. The lowest BCUT2D eigenvalue weighted by Gasteiger charge is -2.51. The van der Waals surface area contributed by atoms with Crippen LogP contribution in [0, 0.1) is 5.92 Å². The highest BCUT2D eigenvalue weighted by atomic mass is 16.6. The Morgan fingerprint density at radius 3 is 2.58 bits per heavy atom. The molecule has 26 heavy (non-hydrogen) atoms. The molecule has 1 fully saturated rings. The van der Waals surface area contributed by atoms with Gasteiger partial charge in [-0.15, -0.1) is 0 Å². The molecule has 2 rings (SSSR count). The van der Waals surface area contributed by atoms with Crippen molar-refractivity contribution in [3.05, 3.63) is 23.8 Å². The summed E-state index contributed by atoms with van der Waals surface area (Å²) in [5, 5.41) is 20.4. The molecule has 4 atom stereocenters. The first-order valence-corrected chi connectivity index (χ1v) is 10.2. The molecule has 0 unspecified atom stereocenters. The molecule has 0 aromatic carbocycles. The molecule has 1 saturated heterocycles. The standard InChI is InChI=1S/C22H38O4/c1-6-25-21(5)13-15-22(17(2)3)14-12-20(4,24)11-7-8-18(16-23)9-10-19(21)26-22/h8,12,14,17,19,23-24H,6-7,9-11,13,15-16H2,1-5H3/b14-12+,18-8-/t19-,20-,21-,22-/m0/s1. The van der Waals surface area contributed by atoms with Crippen LogP contribution in [0.2, 0.25) is 0 Å². The van der Waals surface area contributed by atoms with Gasteiger partial charge in [-0.2, -0.15) is 0 Å². The SMILES string of the molecule is CCO[C@@]1(C)CC[C@]2(C(C)C)/C=C/[C@@](C)(O)CC/C=C(\CO)CC[C@@H]1O2. The summed E-state index contributed by atoms with van der Waals surface area (Å²) >= 11 is 0. The smallest absolute Gasteiger partial charge is 0.0916 e. The molecule has 2 bridgehead atoms. The highest BCUT2D eigenvalue weighted by Crippen LogP contribution is 2.44. The van der Waals surface area contributed by atoms with Crippen molar-refractivity contribution in [2.45, 2.75) is 96.1 Å². The van der Waals surface area contributed by atoms with E-state index in [1.54, 1.807) is 0 Å². The first-order chi connectivity index (χ1) is 12.2. The third kappa shape index (κ3) is 4.98. The van der Waals surface area contributed by atoms with Crippen LogP contribution < -0.4 is 0 Å². The first-order valence-electron chi connectivity index (χ1n) is 10.2. The summed E-state index contributed by atoms with van der Waals surface area (Å²) < 4.78 is 12.9. The summed E-state index contributed by atoms with van der Waals surface area (Å²) in [5.41, 5.74) is -0.548. The largest absolute Gasteiger partial charge is 0.392 e. The highest BCUT2D eigenvalue weighted by Gasteiger charge is 2.48. The Kier molecular flexibility index (Phi) is 7.11. The van der Waals surface area contributed by atoms with Gasteiger partial charge < -0.3 is 19.7 Å². The normalized spacial score (nSPS) is 42.5. The van der Waals surface area contributed by atoms with E-state index < -0.39 is 5.60 Å². The van der Waals surface area contributed by atoms with Gasteiger partial charge in [0.05, 0.1) is 29.5 Å². The molecular formula is C22H38O4. The Bertz CT molecular complexity index is 522. The number of aliphatic hydroxyl groups excluding tert-OH is 1. The van der Waals surface area contributed by atoms with Gasteiger partial charge in [-0.25, -0.2) is 0 Å². The number of aliphatic hydroxyl groups is 2. The Labute approximate surface area is 159 Å². The Hall–Kier alpha value is -0.680. The molecule has 0 aromatic rings. The molecule has 2 N–H and O–H groups in total. The van der Waals surface area contributed by atoms with Crippen LogP contribution in [0.25, 0.3) is 0 Å². The van der Waals surface area contributed by atoms with Crippen LogP contribution in [-0.4, -0.2) is 46.3 Å². The number of rotatable bonds is 4. The fraction of sp³-hybridized carbons (Fsp3) is 0.818. The molecule has 4 nitrogen and oxygen atoms in total. The minimum atomic E-state index is -0.877. The predicted molar refractivity (Wildman–Crippen MR) is 105 cm³/mol. The zero-order chi connectivity index (χ0) is 19.4. The molecule has 0 radical (unpaired) electrons. The number of hydrogen-bond donors (Lipinski definition) is 2. The van der Waals surface area contributed by atoms with Gasteiger partial charge in [-0.3, -0.25) is 0 Å². The quantitative estimate of drug-likeness (QED) is 0.734. The Morgan fingerprint density at radius 2 is 1.96 bits per heavy atom. The van der Waals surface area contributed by atoms with Gasteiger partial charge in [0.25, 0.3) is 0 Å². The van der Waals surface area contributed by atoms with E-state index in [1.807, 2.05) is 19.9 Å². The summed E-state index contributed by atoms with van der Waals surface area (Å²) in [6.45, 7) is 11.1. The third-order valence-corrected chi connectivity index (χ3v) is 6.24. The fourth-order valence-electron chi connectivity index (χ4n) is 4.19. The van der Waals surface area contributed by atoms with Crippen LogP contribution in [0.3, 0.4) is 0 Å². The van der Waals surface area contributed by atoms with Crippen LogP contribution in [0.5, 0.6) is 0 Å². The molecule has 2 aliphatic heterocycles. The molecule has 0 spiro atoms. The molecule has 0 aromatic heterocycles. The van der Waals surface area contributed by atoms with E-state index in [9.17, 15) is 10.2 Å². The summed E-state index contributed by atoms with van der Waals surface area (Å²) in [7, 11) is 0. The van der Waals surface area contributed by atoms with E-state index in [0.29, 0.717) is 18.9 Å². The average Bonchev–Trinajstić information content (AvgIpc) is 2.57. The third-order valence-electron chi connectivity index (χ3n) is 6.24. The van der Waals surface area contributed by atoms with Gasteiger partial charge in [0, 0.05) is 6.61 Å². The number of hydrogen-bond acceptors (Lipinski definition) is 4. The van der Waals surface area contributed by atoms with E-state index in [4.69, 9.17) is 9.47 Å². The number of allylic oxidation sites excluding steroid dienone is 1. The predicted octanol–water partition coefficient (Wildman–Crippen LogP) is 4.16. The van der Waals surface area contributed by atoms with Crippen molar-refractivity contribution >= 4 is 0 Å². The summed E-state index contributed by atoms with van der Waals surface area (Å²) in [6, 6.07) is 0. The molecule has 2 aliphatic rings.